The number of carbonyl (C=O) groups excluding carboxylic acids is 2. The molecule has 21 heteroatoms. The van der Waals surface area contributed by atoms with Crippen LogP contribution in [0, 0.1) is 5.41 Å². The molecule has 1 aliphatic heterocycles. The average molecular weight is 850 g/mol. The molecule has 2 saturated carbocycles. The standard InChI is InChI=1S/C27H27ClF2N8O2.C5H9F3.C4H6FNO.CH2F2/c1-40-13-22(17-6-9-21(28)20(10-17)24(33-14-31)36-26(29)30)38-25(39)23(35-27(38)32)16-4-2-15(3-5-16)18-11-34-37(12-18)19-7-8-19;1-4(2,3)5(6,7)8;5-4(1-2-4)6-3-7;2-1-3/h2-6,9-12,14,19,22-23,26H,7-8,13H2,1H3,(H2,32,35)(H2,31,33,36);1-3H3;3H,1-2H2,(H,6,7);1H2. The fourth-order valence-electron chi connectivity index (χ4n) is 5.00. The van der Waals surface area contributed by atoms with Crippen molar-refractivity contribution in [1.29, 1.82) is 0 Å². The maximum atomic E-state index is 13.7. The van der Waals surface area contributed by atoms with Gasteiger partial charge >= 0.3 is 12.7 Å². The number of hydrogen-bond donors (Lipinski definition) is 3. The molecule has 2 amide bonds. The Morgan fingerprint density at radius 1 is 1.10 bits per heavy atom. The lowest BCUT2D eigenvalue weighted by molar-refractivity contribution is -0.204. The molecule has 318 valence electrons. The van der Waals surface area contributed by atoms with E-state index in [1.54, 1.807) is 6.07 Å². The number of hydrogen-bond acceptors (Lipinski definition) is 7. The van der Waals surface area contributed by atoms with Crippen LogP contribution >= 0.6 is 11.6 Å². The Balaban J connectivity index is 0.000000414. The van der Waals surface area contributed by atoms with Crippen LogP contribution in [0.15, 0.2) is 69.8 Å². The molecule has 0 radical (unpaired) electrons. The Kier molecular flexibility index (Phi) is 16.7. The highest BCUT2D eigenvalue weighted by atomic mass is 35.5. The van der Waals surface area contributed by atoms with Gasteiger partial charge in [0, 0.05) is 37.3 Å². The van der Waals surface area contributed by atoms with Gasteiger partial charge in [-0.25, -0.2) is 23.2 Å². The second-order valence-corrected chi connectivity index (χ2v) is 14.4. The van der Waals surface area contributed by atoms with Crippen LogP contribution in [0.2, 0.25) is 5.02 Å². The predicted octanol–water partition coefficient (Wildman–Crippen LogP) is 7.75. The van der Waals surface area contributed by atoms with Crippen LogP contribution in [0.4, 0.5) is 35.1 Å². The van der Waals surface area contributed by atoms with Crippen molar-refractivity contribution in [3.8, 4) is 11.1 Å². The van der Waals surface area contributed by atoms with E-state index in [2.05, 4.69) is 20.1 Å². The van der Waals surface area contributed by atoms with Crippen molar-refractivity contribution in [3.05, 3.63) is 76.6 Å². The largest absolute Gasteiger partial charge is 0.393 e. The molecular formula is C37H44ClF8N9O3. The zero-order chi connectivity index (χ0) is 43.4. The fraction of sp³-hybridized carbons (Fsp3) is 0.459. The molecule has 2 unspecified atom stereocenters. The molecular weight excluding hydrogens is 806 g/mol. The van der Waals surface area contributed by atoms with E-state index in [0.29, 0.717) is 36.4 Å². The number of rotatable bonds is 11. The second kappa shape index (κ2) is 20.5. The molecule has 58 heavy (non-hydrogen) atoms. The normalized spacial score (nSPS) is 18.0. The van der Waals surface area contributed by atoms with Crippen LogP contribution in [-0.4, -0.2) is 84.3 Å². The van der Waals surface area contributed by atoms with Crippen LogP contribution in [-0.2, 0) is 14.3 Å². The number of carbonyl (C=O) groups is 2. The van der Waals surface area contributed by atoms with Crippen molar-refractivity contribution < 1.29 is 49.4 Å². The molecule has 1 aromatic heterocycles. The minimum absolute atomic E-state index is 0.00443. The van der Waals surface area contributed by atoms with Gasteiger partial charge < -0.3 is 21.5 Å². The van der Waals surface area contributed by atoms with Gasteiger partial charge in [-0.15, -0.1) is 0 Å². The number of alkyl halides is 8. The molecule has 2 heterocycles. The number of nitrogens with two attached hydrogens (primary N) is 2. The molecule has 2 atom stereocenters. The summed E-state index contributed by atoms with van der Waals surface area (Å²) in [5.74, 6) is -2.02. The Morgan fingerprint density at radius 3 is 2.17 bits per heavy atom. The lowest BCUT2D eigenvalue weighted by Gasteiger charge is -2.28. The first-order chi connectivity index (χ1) is 27.2. The maximum absolute atomic E-state index is 13.7. The van der Waals surface area contributed by atoms with Crippen LogP contribution < -0.4 is 16.8 Å². The third kappa shape index (κ3) is 13.2. The van der Waals surface area contributed by atoms with E-state index in [-0.39, 0.29) is 34.9 Å². The number of aliphatic imine (C=N–C) groups is 3. The third-order valence-electron chi connectivity index (χ3n) is 8.59. The molecule has 3 aliphatic rings. The van der Waals surface area contributed by atoms with Crippen molar-refractivity contribution in [1.82, 2.24) is 20.0 Å². The highest BCUT2D eigenvalue weighted by Crippen LogP contribution is 2.38. The lowest BCUT2D eigenvalue weighted by Crippen LogP contribution is -2.42. The van der Waals surface area contributed by atoms with E-state index in [0.717, 1.165) is 51.1 Å². The number of aromatic nitrogens is 2. The van der Waals surface area contributed by atoms with Crippen molar-refractivity contribution >= 4 is 42.1 Å². The van der Waals surface area contributed by atoms with E-state index >= 15 is 0 Å². The first kappa shape index (κ1) is 47.3. The Hall–Kier alpha value is -5.11. The van der Waals surface area contributed by atoms with Gasteiger partial charge in [0.05, 0.1) is 41.7 Å². The predicted molar refractivity (Wildman–Crippen MR) is 203 cm³/mol. The van der Waals surface area contributed by atoms with Crippen LogP contribution in [0.3, 0.4) is 0 Å². The zero-order valence-electron chi connectivity index (χ0n) is 31.9. The number of methoxy groups -OCH3 is 1. The molecule has 6 rings (SSSR count). The van der Waals surface area contributed by atoms with Gasteiger partial charge in [-0.2, -0.15) is 32.0 Å². The zero-order valence-corrected chi connectivity index (χ0v) is 32.6. The molecule has 0 bridgehead atoms. The number of halogens is 9. The Labute approximate surface area is 334 Å². The molecule has 0 spiro atoms. The summed E-state index contributed by atoms with van der Waals surface area (Å²) < 4.78 is 99.6. The summed E-state index contributed by atoms with van der Waals surface area (Å²) in [6, 6.07) is 11.1. The fourth-order valence-corrected chi connectivity index (χ4v) is 5.20. The van der Waals surface area contributed by atoms with Gasteiger partial charge in [-0.3, -0.25) is 19.2 Å². The van der Waals surface area contributed by atoms with E-state index < -0.39 is 42.9 Å². The molecule has 12 nitrogen and oxygen atoms in total. The van der Waals surface area contributed by atoms with E-state index in [9.17, 15) is 44.7 Å². The lowest BCUT2D eigenvalue weighted by atomic mass is 9.96. The van der Waals surface area contributed by atoms with E-state index in [1.807, 2.05) is 46.7 Å². The average Bonchev–Trinajstić information content (AvgIpc) is 4.05. The highest BCUT2D eigenvalue weighted by Gasteiger charge is 2.43. The number of nitrogens with one attached hydrogen (secondary N) is 1. The van der Waals surface area contributed by atoms with Gasteiger partial charge in [0.2, 0.25) is 13.3 Å². The summed E-state index contributed by atoms with van der Waals surface area (Å²) in [6.45, 7) is -1.30. The second-order valence-electron chi connectivity index (χ2n) is 14.0. The first-order valence-electron chi connectivity index (χ1n) is 17.5. The molecule has 2 aliphatic carbocycles. The first-order valence-corrected chi connectivity index (χ1v) is 17.9. The summed E-state index contributed by atoms with van der Waals surface area (Å²) in [5, 5.41) is 6.61. The van der Waals surface area contributed by atoms with Crippen molar-refractivity contribution in [2.75, 3.05) is 20.6 Å². The monoisotopic (exact) mass is 849 g/mol. The van der Waals surface area contributed by atoms with Crippen LogP contribution in [0.1, 0.15) is 81.3 Å². The summed E-state index contributed by atoms with van der Waals surface area (Å²) in [7, 11) is 1.47. The molecule has 2 fully saturated rings. The SMILES string of the molecule is CC(C)(C)C(F)(F)F.COCC(c1ccc(Cl)c(/C(N=CN)=N\C(F)F)c1)N1C(=O)C(c2ccc(-c3cnn(C4CC4)c3)cc2)N=C1N.FCF.O=CNC1(F)CC1. The van der Waals surface area contributed by atoms with Gasteiger partial charge in [-0.1, -0.05) is 62.7 Å². The number of amidine groups is 1. The highest BCUT2D eigenvalue weighted by molar-refractivity contribution is 6.34. The number of ether oxygens (including phenoxy) is 1. The van der Waals surface area contributed by atoms with Crippen molar-refractivity contribution in [2.45, 2.75) is 83.1 Å². The summed E-state index contributed by atoms with van der Waals surface area (Å²) in [4.78, 5) is 35.9. The van der Waals surface area contributed by atoms with Crippen molar-refractivity contribution in [3.63, 3.8) is 0 Å². The number of nitrogens with zero attached hydrogens (tertiary/aromatic N) is 6. The molecule has 2 aromatic carbocycles. The van der Waals surface area contributed by atoms with Gasteiger partial charge in [0.15, 0.2) is 23.6 Å². The van der Waals surface area contributed by atoms with E-state index in [1.165, 1.54) is 24.1 Å². The van der Waals surface area contributed by atoms with E-state index in [4.69, 9.17) is 27.8 Å². The molecule has 3 aromatic rings. The number of benzene rings is 2. The summed E-state index contributed by atoms with van der Waals surface area (Å²) in [6.07, 6.45) is 4.29. The topological polar surface area (TPSA) is 166 Å². The molecule has 0 saturated heterocycles. The maximum Gasteiger partial charge on any atom is 0.393 e. The Bertz CT molecular complexity index is 1900. The summed E-state index contributed by atoms with van der Waals surface area (Å²) >= 11 is 6.28. The minimum Gasteiger partial charge on any atom is -0.390 e. The summed E-state index contributed by atoms with van der Waals surface area (Å²) in [5.41, 5.74) is 13.3. The third-order valence-corrected chi connectivity index (χ3v) is 8.92. The minimum atomic E-state index is -4.06. The van der Waals surface area contributed by atoms with Gasteiger partial charge in [-0.05, 0) is 41.7 Å². The van der Waals surface area contributed by atoms with Crippen LogP contribution in [0.25, 0.3) is 11.1 Å². The number of guanidine groups is 1. The van der Waals surface area contributed by atoms with Crippen molar-refractivity contribution in [2.24, 2.45) is 31.9 Å². The number of amides is 2. The van der Waals surface area contributed by atoms with Gasteiger partial charge in [0.25, 0.3) is 5.91 Å². The molecule has 5 N–H and O–H groups in total. The smallest absolute Gasteiger partial charge is 0.390 e. The quantitative estimate of drug-likeness (QED) is 0.0587. The Morgan fingerprint density at radius 2 is 1.71 bits per heavy atom. The van der Waals surface area contributed by atoms with Crippen LogP contribution in [0.5, 0.6) is 0 Å². The van der Waals surface area contributed by atoms with Gasteiger partial charge in [0.1, 0.15) is 0 Å².